The maximum atomic E-state index is 13.8. The van der Waals surface area contributed by atoms with Crippen LogP contribution in [0, 0.1) is 11.6 Å². The molecule has 6 heteroatoms. The number of carbonyl (C=O) groups excluding carboxylic acids is 1. The topological polar surface area (TPSA) is 68.9 Å². The van der Waals surface area contributed by atoms with Crippen molar-refractivity contribution in [3.05, 3.63) is 102 Å². The Labute approximate surface area is 172 Å². The van der Waals surface area contributed by atoms with Gasteiger partial charge in [-0.25, -0.2) is 18.7 Å². The molecule has 0 amide bonds. The van der Waals surface area contributed by atoms with Crippen molar-refractivity contribution in [3.63, 3.8) is 0 Å². The number of nitrogen functional groups attached to an aromatic ring is 1. The van der Waals surface area contributed by atoms with Crippen molar-refractivity contribution in [3.8, 4) is 11.3 Å². The Morgan fingerprint density at radius 1 is 0.933 bits per heavy atom. The second-order valence-electron chi connectivity index (χ2n) is 6.79. The molecule has 0 spiro atoms. The highest BCUT2D eigenvalue weighted by Gasteiger charge is 2.25. The first-order valence-electron chi connectivity index (χ1n) is 9.23. The van der Waals surface area contributed by atoms with Gasteiger partial charge in [-0.2, -0.15) is 0 Å². The van der Waals surface area contributed by atoms with Gasteiger partial charge in [-0.15, -0.1) is 0 Å². The summed E-state index contributed by atoms with van der Waals surface area (Å²) in [6.07, 6.45) is 5.29. The number of allylic oxidation sites excluding steroid dienone is 5. The molecule has 1 aliphatic carbocycles. The Bertz CT molecular complexity index is 1230. The molecule has 0 aliphatic heterocycles. The number of halogens is 2. The van der Waals surface area contributed by atoms with Crippen LogP contribution in [0.3, 0.4) is 0 Å². The molecular weight excluding hydrogens is 384 g/mol. The van der Waals surface area contributed by atoms with Crippen LogP contribution in [0.5, 0.6) is 0 Å². The minimum atomic E-state index is -0.407. The van der Waals surface area contributed by atoms with Gasteiger partial charge in [0.2, 0.25) is 5.95 Å². The average molecular weight is 401 g/mol. The van der Waals surface area contributed by atoms with Gasteiger partial charge in [-0.05, 0) is 47.5 Å². The molecule has 0 atom stereocenters. The smallest absolute Gasteiger partial charge is 0.221 e. The van der Waals surface area contributed by atoms with Gasteiger partial charge in [0, 0.05) is 17.6 Å². The predicted molar refractivity (Wildman–Crippen MR) is 113 cm³/mol. The lowest BCUT2D eigenvalue weighted by Gasteiger charge is -2.16. The van der Waals surface area contributed by atoms with Crippen LogP contribution >= 0.6 is 0 Å². The van der Waals surface area contributed by atoms with E-state index in [1.165, 1.54) is 36.4 Å². The molecule has 0 saturated carbocycles. The van der Waals surface area contributed by atoms with Gasteiger partial charge < -0.3 is 5.73 Å². The largest absolute Gasteiger partial charge is 0.368 e. The van der Waals surface area contributed by atoms with Crippen molar-refractivity contribution in [1.29, 1.82) is 0 Å². The molecule has 0 radical (unpaired) electrons. The molecule has 148 valence electrons. The van der Waals surface area contributed by atoms with Crippen molar-refractivity contribution in [1.82, 2.24) is 9.97 Å². The molecule has 4 nitrogen and oxygen atoms in total. The first-order chi connectivity index (χ1) is 14.4. The summed E-state index contributed by atoms with van der Waals surface area (Å²) < 4.78 is 27.3. The number of ketones is 1. The fraction of sp³-hybridized carbons (Fsp3) is 0.0417. The Morgan fingerprint density at radius 2 is 1.67 bits per heavy atom. The van der Waals surface area contributed by atoms with Crippen molar-refractivity contribution in [2.24, 2.45) is 0 Å². The number of rotatable bonds is 2. The third-order valence-electron chi connectivity index (χ3n) is 4.77. The summed E-state index contributed by atoms with van der Waals surface area (Å²) in [6, 6.07) is 11.7. The van der Waals surface area contributed by atoms with E-state index in [1.54, 1.807) is 30.4 Å². The summed E-state index contributed by atoms with van der Waals surface area (Å²) in [4.78, 5) is 21.6. The second-order valence-corrected chi connectivity index (χ2v) is 6.79. The molecule has 30 heavy (non-hydrogen) atoms. The number of benzene rings is 2. The van der Waals surface area contributed by atoms with Crippen molar-refractivity contribution in [2.75, 3.05) is 5.73 Å². The number of Topliss-reactive ketones (excluding diaryl/α,β-unsaturated/α-hetero) is 1. The van der Waals surface area contributed by atoms with Crippen molar-refractivity contribution < 1.29 is 13.6 Å². The quantitative estimate of drug-likeness (QED) is 0.637. The molecule has 2 aromatic carbocycles. The summed E-state index contributed by atoms with van der Waals surface area (Å²) >= 11 is 0. The van der Waals surface area contributed by atoms with Crippen LogP contribution in [0.2, 0.25) is 0 Å². The van der Waals surface area contributed by atoms with Crippen LogP contribution in [0.1, 0.15) is 28.0 Å². The van der Waals surface area contributed by atoms with E-state index in [0.29, 0.717) is 28.0 Å². The summed E-state index contributed by atoms with van der Waals surface area (Å²) in [5, 5.41) is 0. The zero-order valence-corrected chi connectivity index (χ0v) is 15.9. The molecular formula is C24H17F2N3O. The van der Waals surface area contributed by atoms with E-state index in [-0.39, 0.29) is 29.4 Å². The van der Waals surface area contributed by atoms with E-state index in [1.807, 2.05) is 0 Å². The zero-order chi connectivity index (χ0) is 21.3. The van der Waals surface area contributed by atoms with E-state index in [9.17, 15) is 13.6 Å². The van der Waals surface area contributed by atoms with Gasteiger partial charge >= 0.3 is 0 Å². The van der Waals surface area contributed by atoms with Crippen LogP contribution in [0.15, 0.2) is 73.3 Å². The number of nitrogens with zero attached hydrogens (tertiary/aromatic N) is 2. The molecule has 4 rings (SSSR count). The average Bonchev–Trinajstić information content (AvgIpc) is 2.78. The van der Waals surface area contributed by atoms with E-state index in [2.05, 4.69) is 16.5 Å². The Hall–Kier alpha value is -3.93. The van der Waals surface area contributed by atoms with Gasteiger partial charge in [0.05, 0.1) is 17.0 Å². The SMILES string of the molecule is C=C1/C(c2cccc(F)c2)=C\C=C/CC(=O)c2c1nc(N)nc2-c1ccc(F)cc1. The van der Waals surface area contributed by atoms with Gasteiger partial charge in [0.15, 0.2) is 5.78 Å². The van der Waals surface area contributed by atoms with Gasteiger partial charge in [0.1, 0.15) is 11.6 Å². The van der Waals surface area contributed by atoms with Crippen LogP contribution in [0.25, 0.3) is 22.4 Å². The summed E-state index contributed by atoms with van der Waals surface area (Å²) in [6.45, 7) is 4.13. The number of carbonyl (C=O) groups is 1. The Morgan fingerprint density at radius 3 is 2.40 bits per heavy atom. The molecule has 1 aromatic heterocycles. The number of nitrogens with two attached hydrogens (primary N) is 1. The molecule has 0 saturated heterocycles. The normalized spacial score (nSPS) is 16.7. The lowest BCUT2D eigenvalue weighted by atomic mass is 9.91. The fourth-order valence-electron chi connectivity index (χ4n) is 3.37. The van der Waals surface area contributed by atoms with Gasteiger partial charge in [0.25, 0.3) is 0 Å². The summed E-state index contributed by atoms with van der Waals surface area (Å²) in [5.41, 5.74) is 8.90. The zero-order valence-electron chi connectivity index (χ0n) is 15.9. The lowest BCUT2D eigenvalue weighted by Crippen LogP contribution is -2.12. The fourth-order valence-corrected chi connectivity index (χ4v) is 3.37. The van der Waals surface area contributed by atoms with Crippen molar-refractivity contribution in [2.45, 2.75) is 6.42 Å². The van der Waals surface area contributed by atoms with E-state index < -0.39 is 11.6 Å². The highest BCUT2D eigenvalue weighted by Crippen LogP contribution is 2.36. The first-order valence-corrected chi connectivity index (χ1v) is 9.23. The molecule has 0 bridgehead atoms. The summed E-state index contributed by atoms with van der Waals surface area (Å²) in [7, 11) is 0. The lowest BCUT2D eigenvalue weighted by molar-refractivity contribution is 0.0995. The standard InChI is InChI=1S/C24H17F2N3O/c1-14-19(16-5-4-6-18(26)13-16)7-2-3-8-20(30)21-22(14)28-24(27)29-23(21)15-9-11-17(25)12-10-15/h2-7,9-13H,1,8H2,(H2,27,28,29)/b3-2-,19-7+. The van der Waals surface area contributed by atoms with Gasteiger partial charge in [-0.3, -0.25) is 4.79 Å². The first kappa shape index (κ1) is 19.4. The maximum Gasteiger partial charge on any atom is 0.221 e. The van der Waals surface area contributed by atoms with E-state index in [4.69, 9.17) is 5.73 Å². The van der Waals surface area contributed by atoms with Crippen LogP contribution in [0.4, 0.5) is 14.7 Å². The molecule has 1 aliphatic rings. The third kappa shape index (κ3) is 3.67. The minimum Gasteiger partial charge on any atom is -0.368 e. The van der Waals surface area contributed by atoms with Gasteiger partial charge in [-0.1, -0.05) is 36.9 Å². The number of aromatic nitrogens is 2. The van der Waals surface area contributed by atoms with Crippen molar-refractivity contribution >= 4 is 22.9 Å². The predicted octanol–water partition coefficient (Wildman–Crippen LogP) is 5.24. The van der Waals surface area contributed by atoms with Crippen LogP contribution in [-0.4, -0.2) is 15.8 Å². The van der Waals surface area contributed by atoms with Crippen LogP contribution < -0.4 is 5.73 Å². The summed E-state index contributed by atoms with van der Waals surface area (Å²) in [5.74, 6) is -1.07. The minimum absolute atomic E-state index is 0.0483. The number of hydrogen-bond acceptors (Lipinski definition) is 4. The number of fused-ring (bicyclic) bond motifs is 1. The highest BCUT2D eigenvalue weighted by molar-refractivity contribution is 6.12. The van der Waals surface area contributed by atoms with Crippen LogP contribution in [-0.2, 0) is 0 Å². The third-order valence-corrected chi connectivity index (χ3v) is 4.77. The maximum absolute atomic E-state index is 13.8. The molecule has 0 unspecified atom stereocenters. The number of anilines is 1. The highest BCUT2D eigenvalue weighted by atomic mass is 19.1. The Kier molecular flexibility index (Phi) is 5.06. The van der Waals surface area contributed by atoms with E-state index >= 15 is 0 Å². The molecule has 0 fully saturated rings. The monoisotopic (exact) mass is 401 g/mol. The Balaban J connectivity index is 1.96. The number of hydrogen-bond donors (Lipinski definition) is 1. The molecule has 2 N–H and O–H groups in total. The second kappa shape index (κ2) is 7.83. The molecule has 1 heterocycles. The van der Waals surface area contributed by atoms with E-state index in [0.717, 1.165) is 0 Å². The molecule has 3 aromatic rings.